The van der Waals surface area contributed by atoms with Gasteiger partial charge in [0, 0.05) is 40.7 Å². The highest BCUT2D eigenvalue weighted by atomic mass is 35.5. The summed E-state index contributed by atoms with van der Waals surface area (Å²) in [6.45, 7) is 2.14. The maximum Gasteiger partial charge on any atom is 0.172 e. The first-order valence-corrected chi connectivity index (χ1v) is 7.81. The summed E-state index contributed by atoms with van der Waals surface area (Å²) in [7, 11) is 1.98. The molecule has 2 aromatic rings. The lowest BCUT2D eigenvalue weighted by molar-refractivity contribution is 0.318. The second-order valence-corrected chi connectivity index (χ2v) is 6.36. The number of anilines is 1. The smallest absolute Gasteiger partial charge is 0.172 e. The van der Waals surface area contributed by atoms with Crippen LogP contribution in [-0.4, -0.2) is 24.1 Å². The van der Waals surface area contributed by atoms with Crippen molar-refractivity contribution < 1.29 is 5.21 Å². The van der Waals surface area contributed by atoms with E-state index in [0.717, 1.165) is 12.1 Å². The minimum Gasteiger partial charge on any atom is -0.409 e. The number of hydrogen-bond acceptors (Lipinski definition) is 4. The number of nitrogens with two attached hydrogens (primary N) is 1. The molecule has 1 aromatic heterocycles. The van der Waals surface area contributed by atoms with Crippen LogP contribution in [-0.2, 0) is 6.42 Å². The number of oxime groups is 1. The first kappa shape index (κ1) is 15.7. The average molecular weight is 324 g/mol. The van der Waals surface area contributed by atoms with Crippen LogP contribution < -0.4 is 10.6 Å². The maximum absolute atomic E-state index is 8.92. The third-order valence-corrected chi connectivity index (χ3v) is 4.60. The van der Waals surface area contributed by atoms with Gasteiger partial charge in [0.2, 0.25) is 0 Å². The number of nitrogens with zero attached hydrogens (tertiary/aromatic N) is 2. The van der Waals surface area contributed by atoms with E-state index in [2.05, 4.69) is 28.4 Å². The molecule has 1 aromatic carbocycles. The number of amidine groups is 1. The highest BCUT2D eigenvalue weighted by molar-refractivity contribution is 7.09. The van der Waals surface area contributed by atoms with Crippen molar-refractivity contribution in [1.82, 2.24) is 0 Å². The van der Waals surface area contributed by atoms with E-state index in [-0.39, 0.29) is 11.9 Å². The normalized spacial score (nSPS) is 13.2. The first-order valence-electron chi connectivity index (χ1n) is 6.55. The van der Waals surface area contributed by atoms with E-state index >= 15 is 0 Å². The summed E-state index contributed by atoms with van der Waals surface area (Å²) >= 11 is 7.83. The Kier molecular flexibility index (Phi) is 5.09. The third kappa shape index (κ3) is 3.68. The van der Waals surface area contributed by atoms with Gasteiger partial charge >= 0.3 is 0 Å². The fourth-order valence-corrected chi connectivity index (χ4v) is 3.15. The van der Waals surface area contributed by atoms with Crippen molar-refractivity contribution in [3.63, 3.8) is 0 Å². The molecule has 0 aliphatic heterocycles. The standard InChI is InChI=1S/C15H18ClN3OS/c1-10(8-12-4-3-7-21-12)19(2)14-9-11(16)5-6-13(14)15(17)18-20/h3-7,9-10,20H,8H2,1-2H3,(H2,17,18). The Morgan fingerprint density at radius 1 is 1.48 bits per heavy atom. The molecule has 21 heavy (non-hydrogen) atoms. The lowest BCUT2D eigenvalue weighted by atomic mass is 10.1. The molecule has 0 aliphatic carbocycles. The zero-order chi connectivity index (χ0) is 15.4. The molecule has 2 rings (SSSR count). The van der Waals surface area contributed by atoms with Gasteiger partial charge in [0.15, 0.2) is 5.84 Å². The van der Waals surface area contributed by atoms with Crippen LogP contribution in [0.4, 0.5) is 5.69 Å². The molecule has 0 saturated heterocycles. The largest absolute Gasteiger partial charge is 0.409 e. The maximum atomic E-state index is 8.92. The van der Waals surface area contributed by atoms with Gasteiger partial charge in [0.05, 0.1) is 0 Å². The van der Waals surface area contributed by atoms with Crippen molar-refractivity contribution in [2.24, 2.45) is 10.9 Å². The summed E-state index contributed by atoms with van der Waals surface area (Å²) < 4.78 is 0. The molecular formula is C15H18ClN3OS. The van der Waals surface area contributed by atoms with Crippen molar-refractivity contribution in [3.8, 4) is 0 Å². The molecular weight excluding hydrogens is 306 g/mol. The molecule has 6 heteroatoms. The lowest BCUT2D eigenvalue weighted by Gasteiger charge is -2.28. The van der Waals surface area contributed by atoms with E-state index in [9.17, 15) is 0 Å². The van der Waals surface area contributed by atoms with Crippen molar-refractivity contribution in [1.29, 1.82) is 0 Å². The Balaban J connectivity index is 2.29. The molecule has 0 saturated carbocycles. The highest BCUT2D eigenvalue weighted by Crippen LogP contribution is 2.27. The molecule has 0 aliphatic rings. The molecule has 0 bridgehead atoms. The van der Waals surface area contributed by atoms with Crippen molar-refractivity contribution in [3.05, 3.63) is 51.2 Å². The van der Waals surface area contributed by atoms with Crippen LogP contribution in [0.3, 0.4) is 0 Å². The average Bonchev–Trinajstić information content (AvgIpc) is 2.98. The predicted molar refractivity (Wildman–Crippen MR) is 89.9 cm³/mol. The summed E-state index contributed by atoms with van der Waals surface area (Å²) in [4.78, 5) is 3.42. The molecule has 1 atom stereocenters. The SMILES string of the molecule is CC(Cc1cccs1)N(C)c1cc(Cl)ccc1C(N)=NO. The van der Waals surface area contributed by atoms with Crippen LogP contribution in [0.2, 0.25) is 5.02 Å². The van der Waals surface area contributed by atoms with Crippen LogP contribution in [0.25, 0.3) is 0 Å². The number of thiophene rings is 1. The summed E-state index contributed by atoms with van der Waals surface area (Å²) in [6.07, 6.45) is 0.927. The quantitative estimate of drug-likeness (QED) is 0.383. The van der Waals surface area contributed by atoms with E-state index in [0.29, 0.717) is 10.6 Å². The fourth-order valence-electron chi connectivity index (χ4n) is 2.16. The monoisotopic (exact) mass is 323 g/mol. The summed E-state index contributed by atoms with van der Waals surface area (Å²) in [6, 6.07) is 9.76. The number of likely N-dealkylation sites (N-methyl/N-ethyl adjacent to an activating group) is 1. The van der Waals surface area contributed by atoms with E-state index in [1.54, 1.807) is 23.5 Å². The third-order valence-electron chi connectivity index (χ3n) is 3.46. The summed E-state index contributed by atoms with van der Waals surface area (Å²) in [5.74, 6) is 0.0804. The minimum atomic E-state index is 0.0804. The van der Waals surface area contributed by atoms with E-state index < -0.39 is 0 Å². The van der Waals surface area contributed by atoms with Crippen molar-refractivity contribution in [2.45, 2.75) is 19.4 Å². The van der Waals surface area contributed by atoms with E-state index in [1.165, 1.54) is 4.88 Å². The number of rotatable bonds is 5. The van der Waals surface area contributed by atoms with Crippen LogP contribution in [0.5, 0.6) is 0 Å². The molecule has 0 amide bonds. The Bertz CT molecular complexity index is 628. The molecule has 3 N–H and O–H groups in total. The topological polar surface area (TPSA) is 61.8 Å². The fraction of sp³-hybridized carbons (Fsp3) is 0.267. The van der Waals surface area contributed by atoms with Gasteiger partial charge in [-0.2, -0.15) is 0 Å². The molecule has 112 valence electrons. The second-order valence-electron chi connectivity index (χ2n) is 4.89. The zero-order valence-corrected chi connectivity index (χ0v) is 13.5. The second kappa shape index (κ2) is 6.83. The predicted octanol–water partition coefficient (Wildman–Crippen LogP) is 3.56. The lowest BCUT2D eigenvalue weighted by Crippen LogP contribution is -2.32. The Labute approximate surface area is 133 Å². The minimum absolute atomic E-state index is 0.0804. The van der Waals surface area contributed by atoms with Gasteiger partial charge in [-0.3, -0.25) is 0 Å². The highest BCUT2D eigenvalue weighted by Gasteiger charge is 2.17. The first-order chi connectivity index (χ1) is 10.0. The Hall–Kier alpha value is -1.72. The van der Waals surface area contributed by atoms with Crippen LogP contribution in [0.1, 0.15) is 17.4 Å². The molecule has 0 radical (unpaired) electrons. The van der Waals surface area contributed by atoms with Crippen LogP contribution >= 0.6 is 22.9 Å². The Morgan fingerprint density at radius 2 is 2.24 bits per heavy atom. The van der Waals surface area contributed by atoms with Gasteiger partial charge in [-0.1, -0.05) is 22.8 Å². The number of halogens is 1. The van der Waals surface area contributed by atoms with E-state index in [4.69, 9.17) is 22.5 Å². The van der Waals surface area contributed by atoms with Gasteiger partial charge in [0.25, 0.3) is 0 Å². The van der Waals surface area contributed by atoms with Gasteiger partial charge in [-0.25, -0.2) is 0 Å². The van der Waals surface area contributed by atoms with Gasteiger partial charge in [0.1, 0.15) is 0 Å². The molecule has 1 heterocycles. The zero-order valence-electron chi connectivity index (χ0n) is 12.0. The number of benzene rings is 1. The number of hydrogen-bond donors (Lipinski definition) is 2. The van der Waals surface area contributed by atoms with Gasteiger partial charge in [-0.15, -0.1) is 11.3 Å². The van der Waals surface area contributed by atoms with Gasteiger partial charge in [-0.05, 0) is 36.6 Å². The summed E-state index contributed by atoms with van der Waals surface area (Å²) in [5.41, 5.74) is 7.27. The molecule has 0 spiro atoms. The molecule has 0 fully saturated rings. The molecule has 1 unspecified atom stereocenters. The van der Waals surface area contributed by atoms with Gasteiger partial charge < -0.3 is 15.8 Å². The molecule has 4 nitrogen and oxygen atoms in total. The van der Waals surface area contributed by atoms with Crippen molar-refractivity contribution in [2.75, 3.05) is 11.9 Å². The van der Waals surface area contributed by atoms with Crippen molar-refractivity contribution >= 4 is 34.5 Å². The summed E-state index contributed by atoms with van der Waals surface area (Å²) in [5, 5.41) is 14.7. The van der Waals surface area contributed by atoms with Crippen LogP contribution in [0, 0.1) is 0 Å². The van der Waals surface area contributed by atoms with Crippen LogP contribution in [0.15, 0.2) is 40.9 Å². The van der Waals surface area contributed by atoms with E-state index in [1.807, 2.05) is 19.2 Å². The Morgan fingerprint density at radius 3 is 2.86 bits per heavy atom.